The highest BCUT2D eigenvalue weighted by Gasteiger charge is 2.36. The number of hydrogen-bond donors (Lipinski definition) is 1. The van der Waals surface area contributed by atoms with E-state index in [9.17, 15) is 9.59 Å². The van der Waals surface area contributed by atoms with Crippen molar-refractivity contribution >= 4 is 12.1 Å². The van der Waals surface area contributed by atoms with Gasteiger partial charge in [0, 0.05) is 6.54 Å². The molecule has 0 spiro atoms. The second-order valence-electron chi connectivity index (χ2n) is 8.03. The molecule has 31 heavy (non-hydrogen) atoms. The van der Waals surface area contributed by atoms with Gasteiger partial charge in [0.05, 0.1) is 0 Å². The molecule has 6 nitrogen and oxygen atoms in total. The Labute approximate surface area is 184 Å². The van der Waals surface area contributed by atoms with Crippen molar-refractivity contribution < 1.29 is 19.1 Å². The molecule has 1 aliphatic carbocycles. The second-order valence-corrected chi connectivity index (χ2v) is 8.03. The lowest BCUT2D eigenvalue weighted by molar-refractivity contribution is -0.151. The van der Waals surface area contributed by atoms with Crippen molar-refractivity contribution in [3.63, 3.8) is 0 Å². The minimum Gasteiger partial charge on any atom is -0.459 e. The first kappa shape index (κ1) is 22.8. The Kier molecular flexibility index (Phi) is 8.91. The maximum absolute atomic E-state index is 13.0. The number of carbonyl (C=O) groups excluding carboxylic acids is 2. The molecule has 0 heterocycles. The zero-order valence-corrected chi connectivity index (χ0v) is 17.9. The van der Waals surface area contributed by atoms with Crippen LogP contribution in [0.25, 0.3) is 0 Å². The third-order valence-electron chi connectivity index (χ3n) is 5.40. The van der Waals surface area contributed by atoms with E-state index in [-0.39, 0.29) is 13.2 Å². The zero-order valence-electron chi connectivity index (χ0n) is 17.9. The fourth-order valence-corrected chi connectivity index (χ4v) is 3.42. The van der Waals surface area contributed by atoms with Crippen LogP contribution in [0, 0.1) is 5.92 Å². The normalized spacial score (nSPS) is 14.0. The molecule has 166 valence electrons. The maximum atomic E-state index is 13.0. The molecule has 1 atom stereocenters. The Hall–Kier alpha value is -2.86. The van der Waals surface area contributed by atoms with Crippen LogP contribution in [0.3, 0.4) is 0 Å². The van der Waals surface area contributed by atoms with Gasteiger partial charge < -0.3 is 15.2 Å². The van der Waals surface area contributed by atoms with E-state index in [1.54, 1.807) is 4.90 Å². The molecule has 0 aliphatic heterocycles. The number of nitrogens with zero attached hydrogens (tertiary/aromatic N) is 1. The third kappa shape index (κ3) is 7.72. The van der Waals surface area contributed by atoms with Crippen molar-refractivity contribution in [3.8, 4) is 0 Å². The molecule has 2 N–H and O–H groups in total. The lowest BCUT2D eigenvalue weighted by Crippen LogP contribution is -2.47. The summed E-state index contributed by atoms with van der Waals surface area (Å²) < 4.78 is 11.2. The van der Waals surface area contributed by atoms with Crippen LogP contribution in [0.2, 0.25) is 0 Å². The molecule has 0 radical (unpaired) electrons. The Morgan fingerprint density at radius 2 is 1.48 bits per heavy atom. The molecule has 0 aromatic heterocycles. The van der Waals surface area contributed by atoms with Crippen molar-refractivity contribution in [2.75, 3.05) is 13.1 Å². The van der Waals surface area contributed by atoms with Crippen molar-refractivity contribution in [2.24, 2.45) is 11.7 Å². The van der Waals surface area contributed by atoms with E-state index < -0.39 is 18.1 Å². The molecule has 3 rings (SSSR count). The molecule has 0 saturated heterocycles. The predicted molar refractivity (Wildman–Crippen MR) is 119 cm³/mol. The minimum atomic E-state index is -0.667. The summed E-state index contributed by atoms with van der Waals surface area (Å²) >= 11 is 0. The summed E-state index contributed by atoms with van der Waals surface area (Å²) in [7, 11) is 0. The number of esters is 1. The van der Waals surface area contributed by atoms with E-state index in [4.69, 9.17) is 15.2 Å². The Balaban J connectivity index is 1.67. The summed E-state index contributed by atoms with van der Waals surface area (Å²) in [5, 5.41) is 0. The number of unbranched alkanes of at least 4 members (excludes halogenated alkanes) is 1. The lowest BCUT2D eigenvalue weighted by atomic mass is 10.1. The topological polar surface area (TPSA) is 81.9 Å². The van der Waals surface area contributed by atoms with Gasteiger partial charge in [-0.2, -0.15) is 0 Å². The quantitative estimate of drug-likeness (QED) is 0.406. The summed E-state index contributed by atoms with van der Waals surface area (Å²) in [4.78, 5) is 27.6. The van der Waals surface area contributed by atoms with Gasteiger partial charge in [-0.05, 0) is 55.7 Å². The Morgan fingerprint density at radius 1 is 0.903 bits per heavy atom. The molecule has 0 bridgehead atoms. The molecule has 1 saturated carbocycles. The van der Waals surface area contributed by atoms with Crippen LogP contribution in [0.4, 0.5) is 4.79 Å². The fraction of sp³-hybridized carbons (Fsp3) is 0.440. The van der Waals surface area contributed by atoms with Crippen molar-refractivity contribution in [2.45, 2.75) is 51.4 Å². The van der Waals surface area contributed by atoms with Gasteiger partial charge in [-0.3, -0.25) is 4.90 Å². The summed E-state index contributed by atoms with van der Waals surface area (Å²) in [5.74, 6) is 0.0291. The van der Waals surface area contributed by atoms with E-state index in [0.717, 1.165) is 36.8 Å². The van der Waals surface area contributed by atoms with Gasteiger partial charge in [0.15, 0.2) is 0 Å². The van der Waals surface area contributed by atoms with E-state index in [1.807, 2.05) is 60.7 Å². The van der Waals surface area contributed by atoms with Crippen LogP contribution in [0.5, 0.6) is 0 Å². The van der Waals surface area contributed by atoms with Crippen LogP contribution in [0.15, 0.2) is 60.7 Å². The summed E-state index contributed by atoms with van der Waals surface area (Å²) in [6.45, 7) is 1.42. The van der Waals surface area contributed by atoms with E-state index in [1.165, 1.54) is 0 Å². The van der Waals surface area contributed by atoms with Crippen LogP contribution >= 0.6 is 0 Å². The van der Waals surface area contributed by atoms with Gasteiger partial charge in [-0.1, -0.05) is 60.7 Å². The van der Waals surface area contributed by atoms with Crippen LogP contribution in [0.1, 0.15) is 43.2 Å². The van der Waals surface area contributed by atoms with Gasteiger partial charge in [0.1, 0.15) is 19.3 Å². The fourth-order valence-electron chi connectivity index (χ4n) is 3.42. The average Bonchev–Trinajstić information content (AvgIpc) is 3.63. The highest BCUT2D eigenvalue weighted by atomic mass is 16.6. The molecular weight excluding hydrogens is 392 g/mol. The molecule has 1 amide bonds. The number of ether oxygens (including phenoxy) is 2. The third-order valence-corrected chi connectivity index (χ3v) is 5.40. The summed E-state index contributed by atoms with van der Waals surface area (Å²) in [6, 6.07) is 18.4. The number of nitrogens with two attached hydrogens (primary N) is 1. The predicted octanol–water partition coefficient (Wildman–Crippen LogP) is 4.28. The van der Waals surface area contributed by atoms with E-state index in [0.29, 0.717) is 25.4 Å². The first-order chi connectivity index (χ1) is 15.2. The first-order valence-electron chi connectivity index (χ1n) is 11.1. The molecule has 6 heteroatoms. The summed E-state index contributed by atoms with van der Waals surface area (Å²) in [6.07, 6.45) is 3.71. The number of carbonyl (C=O) groups is 2. The monoisotopic (exact) mass is 424 g/mol. The Bertz CT molecular complexity index is 809. The van der Waals surface area contributed by atoms with Gasteiger partial charge in [-0.15, -0.1) is 0 Å². The zero-order chi connectivity index (χ0) is 21.9. The van der Waals surface area contributed by atoms with Crippen molar-refractivity contribution in [1.29, 1.82) is 0 Å². The SMILES string of the molecule is NCCCC[C@@H](C(=O)OCc1ccccc1)N(CC1CC1)C(=O)OCc1ccccc1. The highest BCUT2D eigenvalue weighted by molar-refractivity contribution is 5.81. The van der Waals surface area contributed by atoms with E-state index in [2.05, 4.69) is 0 Å². The molecule has 1 aliphatic rings. The lowest BCUT2D eigenvalue weighted by Gasteiger charge is -2.30. The van der Waals surface area contributed by atoms with Gasteiger partial charge in [0.25, 0.3) is 0 Å². The first-order valence-corrected chi connectivity index (χ1v) is 11.1. The van der Waals surface area contributed by atoms with Crippen molar-refractivity contribution in [3.05, 3.63) is 71.8 Å². The van der Waals surface area contributed by atoms with Crippen LogP contribution in [-0.4, -0.2) is 36.1 Å². The molecule has 0 unspecified atom stereocenters. The van der Waals surface area contributed by atoms with E-state index >= 15 is 0 Å². The van der Waals surface area contributed by atoms with Crippen LogP contribution < -0.4 is 5.73 Å². The molecule has 2 aromatic carbocycles. The molecule has 2 aromatic rings. The van der Waals surface area contributed by atoms with Crippen molar-refractivity contribution in [1.82, 2.24) is 4.90 Å². The largest absolute Gasteiger partial charge is 0.459 e. The van der Waals surface area contributed by atoms with Gasteiger partial charge >= 0.3 is 12.1 Å². The minimum absolute atomic E-state index is 0.176. The van der Waals surface area contributed by atoms with Gasteiger partial charge in [0.2, 0.25) is 0 Å². The maximum Gasteiger partial charge on any atom is 0.410 e. The molecular formula is C25H32N2O4. The standard InChI is InChI=1S/C25H32N2O4/c26-16-8-7-13-23(24(28)30-18-21-9-3-1-4-10-21)27(17-20-14-15-20)25(29)31-19-22-11-5-2-6-12-22/h1-6,9-12,20,23H,7-8,13-19,26H2/t23-/m0/s1. The van der Waals surface area contributed by atoms with Gasteiger partial charge in [-0.25, -0.2) is 9.59 Å². The highest BCUT2D eigenvalue weighted by Crippen LogP contribution is 2.31. The number of rotatable bonds is 12. The average molecular weight is 425 g/mol. The summed E-state index contributed by atoms with van der Waals surface area (Å²) in [5.41, 5.74) is 7.47. The van der Waals surface area contributed by atoms with Crippen LogP contribution in [-0.2, 0) is 27.5 Å². The smallest absolute Gasteiger partial charge is 0.410 e. The Morgan fingerprint density at radius 3 is 2.03 bits per heavy atom. The molecule has 1 fully saturated rings. The number of hydrogen-bond acceptors (Lipinski definition) is 5. The number of amides is 1. The second kappa shape index (κ2) is 12.1. The number of benzene rings is 2.